The minimum absolute atomic E-state index is 0.629. The molecule has 0 radical (unpaired) electrons. The predicted molar refractivity (Wildman–Crippen MR) is 97.3 cm³/mol. The Balaban J connectivity index is 1.83. The maximum Gasteiger partial charge on any atom is 0.0422 e. The average Bonchev–Trinajstić information content (AvgIpc) is 2.50. The summed E-state index contributed by atoms with van der Waals surface area (Å²) >= 11 is 0. The van der Waals surface area contributed by atoms with E-state index in [0.29, 0.717) is 6.04 Å². The second kappa shape index (κ2) is 6.73. The molecule has 118 valence electrons. The number of hydrogen-bond acceptors (Lipinski definition) is 1. The maximum absolute atomic E-state index is 3.90. The van der Waals surface area contributed by atoms with Crippen LogP contribution in [0.3, 0.4) is 0 Å². The minimum Gasteiger partial charge on any atom is -0.382 e. The molecule has 3 unspecified atom stereocenters. The molecule has 0 spiro atoms. The molecule has 22 heavy (non-hydrogen) atoms. The smallest absolute Gasteiger partial charge is 0.0422 e. The van der Waals surface area contributed by atoms with E-state index < -0.39 is 0 Å². The fourth-order valence-electron chi connectivity index (χ4n) is 4.11. The van der Waals surface area contributed by atoms with Crippen LogP contribution in [0.15, 0.2) is 42.5 Å². The zero-order chi connectivity index (χ0) is 15.5. The molecule has 0 amide bonds. The van der Waals surface area contributed by atoms with E-state index in [1.807, 2.05) is 0 Å². The van der Waals surface area contributed by atoms with Crippen LogP contribution >= 0.6 is 0 Å². The lowest BCUT2D eigenvalue weighted by atomic mass is 9.75. The van der Waals surface area contributed by atoms with Gasteiger partial charge in [-0.3, -0.25) is 0 Å². The molecule has 2 aromatic rings. The molecule has 1 saturated carbocycles. The van der Waals surface area contributed by atoms with Crippen LogP contribution in [0.2, 0.25) is 0 Å². The molecule has 2 aromatic carbocycles. The van der Waals surface area contributed by atoms with Crippen LogP contribution in [0.25, 0.3) is 10.8 Å². The third kappa shape index (κ3) is 3.45. The van der Waals surface area contributed by atoms with Crippen LogP contribution in [0, 0.1) is 17.8 Å². The molecule has 1 N–H and O–H groups in total. The maximum atomic E-state index is 3.90. The molecular formula is C21H29N. The summed E-state index contributed by atoms with van der Waals surface area (Å²) in [7, 11) is 0. The standard InChI is InChI=1S/C21H29N/c1-15(2)13-18-14-16(3)11-12-20(18)22-21-10-6-8-17-7-4-5-9-19(17)21/h4-10,15-16,18,20,22H,11-14H2,1-3H3. The van der Waals surface area contributed by atoms with Crippen molar-refractivity contribution in [1.82, 2.24) is 0 Å². The first-order valence-corrected chi connectivity index (χ1v) is 8.87. The van der Waals surface area contributed by atoms with E-state index in [9.17, 15) is 0 Å². The van der Waals surface area contributed by atoms with Gasteiger partial charge in [-0.25, -0.2) is 0 Å². The molecule has 0 aliphatic heterocycles. The van der Waals surface area contributed by atoms with Crippen LogP contribution in [0.1, 0.15) is 46.5 Å². The fourth-order valence-corrected chi connectivity index (χ4v) is 4.11. The summed E-state index contributed by atoms with van der Waals surface area (Å²) in [6.07, 6.45) is 5.38. The van der Waals surface area contributed by atoms with Gasteiger partial charge in [0.05, 0.1) is 0 Å². The van der Waals surface area contributed by atoms with Crippen molar-refractivity contribution in [3.8, 4) is 0 Å². The first kappa shape index (κ1) is 15.4. The molecule has 0 saturated heterocycles. The monoisotopic (exact) mass is 295 g/mol. The van der Waals surface area contributed by atoms with Gasteiger partial charge in [-0.05, 0) is 54.9 Å². The van der Waals surface area contributed by atoms with Gasteiger partial charge in [0.2, 0.25) is 0 Å². The van der Waals surface area contributed by atoms with E-state index in [1.54, 1.807) is 0 Å². The largest absolute Gasteiger partial charge is 0.382 e. The van der Waals surface area contributed by atoms with E-state index in [1.165, 1.54) is 42.1 Å². The third-order valence-corrected chi connectivity index (χ3v) is 5.15. The molecule has 1 aliphatic carbocycles. The highest BCUT2D eigenvalue weighted by Gasteiger charge is 2.29. The second-order valence-corrected chi connectivity index (χ2v) is 7.59. The molecular weight excluding hydrogens is 266 g/mol. The summed E-state index contributed by atoms with van der Waals surface area (Å²) < 4.78 is 0. The van der Waals surface area contributed by atoms with Crippen molar-refractivity contribution in [3.63, 3.8) is 0 Å². The number of fused-ring (bicyclic) bond motifs is 1. The van der Waals surface area contributed by atoms with E-state index in [0.717, 1.165) is 17.8 Å². The Morgan fingerprint density at radius 3 is 2.64 bits per heavy atom. The van der Waals surface area contributed by atoms with Crippen LogP contribution < -0.4 is 5.32 Å². The van der Waals surface area contributed by atoms with Crippen molar-refractivity contribution in [3.05, 3.63) is 42.5 Å². The van der Waals surface area contributed by atoms with Gasteiger partial charge in [0.15, 0.2) is 0 Å². The van der Waals surface area contributed by atoms with Gasteiger partial charge in [0.25, 0.3) is 0 Å². The lowest BCUT2D eigenvalue weighted by molar-refractivity contribution is 0.227. The van der Waals surface area contributed by atoms with Gasteiger partial charge < -0.3 is 5.32 Å². The lowest BCUT2D eigenvalue weighted by Crippen LogP contribution is -2.35. The first-order chi connectivity index (χ1) is 10.6. The number of hydrogen-bond donors (Lipinski definition) is 1. The van der Waals surface area contributed by atoms with E-state index in [-0.39, 0.29) is 0 Å². The quantitative estimate of drug-likeness (QED) is 0.718. The highest BCUT2D eigenvalue weighted by atomic mass is 14.9. The minimum atomic E-state index is 0.629. The van der Waals surface area contributed by atoms with Crippen LogP contribution in [0.4, 0.5) is 5.69 Å². The molecule has 0 bridgehead atoms. The van der Waals surface area contributed by atoms with Crippen molar-refractivity contribution in [2.45, 2.75) is 52.5 Å². The van der Waals surface area contributed by atoms with Crippen molar-refractivity contribution in [1.29, 1.82) is 0 Å². The molecule has 1 nitrogen and oxygen atoms in total. The Labute approximate surface area is 135 Å². The predicted octanol–water partition coefficient (Wildman–Crippen LogP) is 6.10. The summed E-state index contributed by atoms with van der Waals surface area (Å²) in [5.74, 6) is 2.48. The zero-order valence-corrected chi connectivity index (χ0v) is 14.2. The van der Waals surface area contributed by atoms with Crippen LogP contribution in [-0.2, 0) is 0 Å². The van der Waals surface area contributed by atoms with Crippen molar-refractivity contribution in [2.75, 3.05) is 5.32 Å². The topological polar surface area (TPSA) is 12.0 Å². The number of rotatable bonds is 4. The first-order valence-electron chi connectivity index (χ1n) is 8.87. The van der Waals surface area contributed by atoms with Gasteiger partial charge in [0, 0.05) is 17.1 Å². The molecule has 3 atom stereocenters. The van der Waals surface area contributed by atoms with E-state index in [2.05, 4.69) is 68.6 Å². The second-order valence-electron chi connectivity index (χ2n) is 7.59. The van der Waals surface area contributed by atoms with Crippen LogP contribution in [-0.4, -0.2) is 6.04 Å². The van der Waals surface area contributed by atoms with E-state index >= 15 is 0 Å². The average molecular weight is 295 g/mol. The van der Waals surface area contributed by atoms with Gasteiger partial charge in [-0.2, -0.15) is 0 Å². The Kier molecular flexibility index (Phi) is 4.71. The summed E-state index contributed by atoms with van der Waals surface area (Å²) in [6.45, 7) is 7.13. The summed E-state index contributed by atoms with van der Waals surface area (Å²) in [6, 6.07) is 16.0. The zero-order valence-electron chi connectivity index (χ0n) is 14.2. The normalized spacial score (nSPS) is 25.5. The molecule has 1 aliphatic rings. The molecule has 0 heterocycles. The fraction of sp³-hybridized carbons (Fsp3) is 0.524. The highest BCUT2D eigenvalue weighted by molar-refractivity contribution is 5.93. The Hall–Kier alpha value is -1.50. The number of benzene rings is 2. The molecule has 1 fully saturated rings. The van der Waals surface area contributed by atoms with Crippen molar-refractivity contribution < 1.29 is 0 Å². The van der Waals surface area contributed by atoms with Gasteiger partial charge in [-0.15, -0.1) is 0 Å². The summed E-state index contributed by atoms with van der Waals surface area (Å²) in [5, 5.41) is 6.58. The summed E-state index contributed by atoms with van der Waals surface area (Å²) in [4.78, 5) is 0. The molecule has 0 aromatic heterocycles. The number of anilines is 1. The van der Waals surface area contributed by atoms with Gasteiger partial charge in [-0.1, -0.05) is 57.2 Å². The van der Waals surface area contributed by atoms with Crippen molar-refractivity contribution in [2.24, 2.45) is 17.8 Å². The van der Waals surface area contributed by atoms with Crippen LogP contribution in [0.5, 0.6) is 0 Å². The Morgan fingerprint density at radius 2 is 1.82 bits per heavy atom. The van der Waals surface area contributed by atoms with E-state index in [4.69, 9.17) is 0 Å². The van der Waals surface area contributed by atoms with Gasteiger partial charge >= 0.3 is 0 Å². The van der Waals surface area contributed by atoms with Crippen molar-refractivity contribution >= 4 is 16.5 Å². The Morgan fingerprint density at radius 1 is 1.05 bits per heavy atom. The lowest BCUT2D eigenvalue weighted by Gasteiger charge is -2.37. The highest BCUT2D eigenvalue weighted by Crippen LogP contribution is 2.36. The SMILES string of the molecule is CC(C)CC1CC(C)CCC1Nc1cccc2ccccc12. The number of nitrogens with one attached hydrogen (secondary N) is 1. The Bertz CT molecular complexity index is 609. The van der Waals surface area contributed by atoms with Gasteiger partial charge in [0.1, 0.15) is 0 Å². The molecule has 1 heteroatoms. The summed E-state index contributed by atoms with van der Waals surface area (Å²) in [5.41, 5.74) is 1.31. The third-order valence-electron chi connectivity index (χ3n) is 5.15. The molecule has 3 rings (SSSR count).